The first-order valence-corrected chi connectivity index (χ1v) is 4.89. The minimum absolute atomic E-state index is 0.356. The molecule has 0 bridgehead atoms. The zero-order valence-electron chi connectivity index (χ0n) is 8.01. The summed E-state index contributed by atoms with van der Waals surface area (Å²) in [5, 5.41) is 1.23. The van der Waals surface area contributed by atoms with Gasteiger partial charge in [0.1, 0.15) is 0 Å². The third-order valence-electron chi connectivity index (χ3n) is 2.20. The molecule has 1 rings (SSSR count). The van der Waals surface area contributed by atoms with Gasteiger partial charge in [-0.1, -0.05) is 29.3 Å². The van der Waals surface area contributed by atoms with E-state index in [1.807, 2.05) is 32.3 Å². The van der Waals surface area contributed by atoms with Crippen molar-refractivity contribution in [2.24, 2.45) is 0 Å². The molecule has 3 heteroatoms. The fourth-order valence-electron chi connectivity index (χ4n) is 1.07. The van der Waals surface area contributed by atoms with Gasteiger partial charge in [-0.15, -0.1) is 0 Å². The molecule has 1 aromatic rings. The van der Waals surface area contributed by atoms with E-state index < -0.39 is 0 Å². The van der Waals surface area contributed by atoms with Crippen LogP contribution in [-0.4, -0.2) is 19.0 Å². The first-order valence-electron chi connectivity index (χ1n) is 4.13. The van der Waals surface area contributed by atoms with Gasteiger partial charge in [-0.2, -0.15) is 0 Å². The summed E-state index contributed by atoms with van der Waals surface area (Å²) in [7, 11) is 4.07. The monoisotopic (exact) mass is 217 g/mol. The number of nitrogens with zero attached hydrogens (tertiary/aromatic N) is 1. The van der Waals surface area contributed by atoms with Crippen molar-refractivity contribution in [3.05, 3.63) is 33.8 Å². The van der Waals surface area contributed by atoms with Gasteiger partial charge in [0.05, 0.1) is 10.0 Å². The van der Waals surface area contributed by atoms with Gasteiger partial charge in [-0.05, 0) is 38.7 Å². The van der Waals surface area contributed by atoms with E-state index in [0.29, 0.717) is 16.1 Å². The fourth-order valence-corrected chi connectivity index (χ4v) is 1.38. The molecule has 1 atom stereocenters. The van der Waals surface area contributed by atoms with Gasteiger partial charge in [0.25, 0.3) is 0 Å². The van der Waals surface area contributed by atoms with Crippen LogP contribution in [0.3, 0.4) is 0 Å². The van der Waals surface area contributed by atoms with Crippen molar-refractivity contribution >= 4 is 23.2 Å². The van der Waals surface area contributed by atoms with Crippen molar-refractivity contribution in [1.82, 2.24) is 4.90 Å². The summed E-state index contributed by atoms with van der Waals surface area (Å²) < 4.78 is 0. The van der Waals surface area contributed by atoms with Gasteiger partial charge in [0, 0.05) is 6.04 Å². The summed E-state index contributed by atoms with van der Waals surface area (Å²) in [6, 6.07) is 6.10. The highest BCUT2D eigenvalue weighted by Gasteiger charge is 2.08. The Bertz CT molecular complexity index is 297. The van der Waals surface area contributed by atoms with Crippen LogP contribution in [-0.2, 0) is 0 Å². The summed E-state index contributed by atoms with van der Waals surface area (Å²) in [5.41, 5.74) is 1.18. The number of hydrogen-bond donors (Lipinski definition) is 0. The first-order chi connectivity index (χ1) is 6.02. The fraction of sp³-hybridized carbons (Fsp3) is 0.400. The number of benzene rings is 1. The Labute approximate surface area is 89.3 Å². The van der Waals surface area contributed by atoms with Crippen molar-refractivity contribution in [3.63, 3.8) is 0 Å². The second-order valence-electron chi connectivity index (χ2n) is 3.31. The molecule has 0 heterocycles. The van der Waals surface area contributed by atoms with Gasteiger partial charge >= 0.3 is 0 Å². The lowest BCUT2D eigenvalue weighted by Crippen LogP contribution is -2.16. The second-order valence-corrected chi connectivity index (χ2v) is 4.13. The van der Waals surface area contributed by atoms with Crippen molar-refractivity contribution in [3.8, 4) is 0 Å². The molecule has 1 aromatic carbocycles. The van der Waals surface area contributed by atoms with Crippen molar-refractivity contribution in [2.45, 2.75) is 13.0 Å². The molecule has 1 unspecified atom stereocenters. The van der Waals surface area contributed by atoms with E-state index in [9.17, 15) is 0 Å². The molecule has 1 nitrogen and oxygen atoms in total. The Balaban J connectivity index is 2.97. The smallest absolute Gasteiger partial charge is 0.0595 e. The van der Waals surface area contributed by atoms with Gasteiger partial charge in [-0.25, -0.2) is 0 Å². The largest absolute Gasteiger partial charge is 0.303 e. The Hall–Kier alpha value is -0.240. The van der Waals surface area contributed by atoms with E-state index in [2.05, 4.69) is 11.8 Å². The zero-order chi connectivity index (χ0) is 10.0. The average molecular weight is 218 g/mol. The highest BCUT2D eigenvalue weighted by molar-refractivity contribution is 6.42. The molecule has 0 N–H and O–H groups in total. The maximum atomic E-state index is 5.91. The molecule has 0 aliphatic heterocycles. The first kappa shape index (κ1) is 10.8. The van der Waals surface area contributed by atoms with Crippen LogP contribution >= 0.6 is 23.2 Å². The van der Waals surface area contributed by atoms with E-state index >= 15 is 0 Å². The van der Waals surface area contributed by atoms with Gasteiger partial charge < -0.3 is 4.90 Å². The topological polar surface area (TPSA) is 3.24 Å². The van der Waals surface area contributed by atoms with Crippen LogP contribution in [0.2, 0.25) is 10.0 Å². The summed E-state index contributed by atoms with van der Waals surface area (Å²) >= 11 is 11.7. The Morgan fingerprint density at radius 2 is 1.77 bits per heavy atom. The van der Waals surface area contributed by atoms with Crippen LogP contribution < -0.4 is 0 Å². The van der Waals surface area contributed by atoms with E-state index in [-0.39, 0.29) is 0 Å². The lowest BCUT2D eigenvalue weighted by molar-refractivity contribution is 0.321. The third-order valence-corrected chi connectivity index (χ3v) is 2.94. The lowest BCUT2D eigenvalue weighted by Gasteiger charge is -2.20. The van der Waals surface area contributed by atoms with Gasteiger partial charge in [0.15, 0.2) is 0 Å². The molecule has 72 valence electrons. The molecule has 13 heavy (non-hydrogen) atoms. The summed E-state index contributed by atoms with van der Waals surface area (Å²) in [6.45, 7) is 2.12. The predicted molar refractivity (Wildman–Crippen MR) is 58.6 cm³/mol. The summed E-state index contributed by atoms with van der Waals surface area (Å²) in [4.78, 5) is 2.12. The standard InChI is InChI=1S/C10H13Cl2N/c1-7(13(2)3)8-4-5-9(11)10(12)6-8/h4-7H,1-3H3. The van der Waals surface area contributed by atoms with Crippen molar-refractivity contribution in [1.29, 1.82) is 0 Å². The predicted octanol–water partition coefficient (Wildman–Crippen LogP) is 3.62. The number of hydrogen-bond acceptors (Lipinski definition) is 1. The molecule has 0 saturated heterocycles. The van der Waals surface area contributed by atoms with Crippen LogP contribution in [0.25, 0.3) is 0 Å². The van der Waals surface area contributed by atoms with E-state index in [0.717, 1.165) is 0 Å². The molecule has 0 saturated carbocycles. The SMILES string of the molecule is CC(c1ccc(Cl)c(Cl)c1)N(C)C. The quantitative estimate of drug-likeness (QED) is 0.732. The maximum Gasteiger partial charge on any atom is 0.0595 e. The zero-order valence-corrected chi connectivity index (χ0v) is 9.52. The van der Waals surface area contributed by atoms with Crippen molar-refractivity contribution in [2.75, 3.05) is 14.1 Å². The molecular formula is C10H13Cl2N. The van der Waals surface area contributed by atoms with Crippen LogP contribution in [0.15, 0.2) is 18.2 Å². The Kier molecular flexibility index (Phi) is 3.60. The molecule has 0 aromatic heterocycles. The summed E-state index contributed by atoms with van der Waals surface area (Å²) in [5.74, 6) is 0. The van der Waals surface area contributed by atoms with Crippen LogP contribution in [0, 0.1) is 0 Å². The van der Waals surface area contributed by atoms with E-state index in [1.54, 1.807) is 0 Å². The normalized spacial score (nSPS) is 13.4. The Morgan fingerprint density at radius 3 is 2.23 bits per heavy atom. The highest BCUT2D eigenvalue weighted by atomic mass is 35.5. The van der Waals surface area contributed by atoms with Crippen LogP contribution in [0.4, 0.5) is 0 Å². The second kappa shape index (κ2) is 4.32. The average Bonchev–Trinajstić information content (AvgIpc) is 2.08. The summed E-state index contributed by atoms with van der Waals surface area (Å²) in [6.07, 6.45) is 0. The number of halogens is 2. The van der Waals surface area contributed by atoms with Crippen LogP contribution in [0.5, 0.6) is 0 Å². The minimum atomic E-state index is 0.356. The molecule has 0 aliphatic carbocycles. The van der Waals surface area contributed by atoms with E-state index in [1.165, 1.54) is 5.56 Å². The van der Waals surface area contributed by atoms with Gasteiger partial charge in [0.2, 0.25) is 0 Å². The lowest BCUT2D eigenvalue weighted by atomic mass is 10.1. The molecule has 0 fully saturated rings. The maximum absolute atomic E-state index is 5.91. The Morgan fingerprint density at radius 1 is 1.15 bits per heavy atom. The molecule has 0 amide bonds. The third kappa shape index (κ3) is 2.60. The van der Waals surface area contributed by atoms with Crippen molar-refractivity contribution < 1.29 is 0 Å². The highest BCUT2D eigenvalue weighted by Crippen LogP contribution is 2.26. The molecule has 0 aliphatic rings. The van der Waals surface area contributed by atoms with Gasteiger partial charge in [-0.3, -0.25) is 0 Å². The van der Waals surface area contributed by atoms with Crippen LogP contribution in [0.1, 0.15) is 18.5 Å². The molecule has 0 spiro atoms. The molecule has 0 radical (unpaired) electrons. The minimum Gasteiger partial charge on any atom is -0.303 e. The number of rotatable bonds is 2. The van der Waals surface area contributed by atoms with E-state index in [4.69, 9.17) is 23.2 Å². The molecular weight excluding hydrogens is 205 g/mol.